The number of rotatable bonds is 3. The Morgan fingerprint density at radius 3 is 2.50 bits per heavy atom. The highest BCUT2D eigenvalue weighted by Gasteiger charge is 2.08. The summed E-state index contributed by atoms with van der Waals surface area (Å²) < 4.78 is 4.70. The number of aliphatic hydroxyl groups excluding tert-OH is 1. The van der Waals surface area contributed by atoms with Gasteiger partial charge in [0.1, 0.15) is 12.7 Å². The smallest absolute Gasteiger partial charge is 0.302 e. The maximum atomic E-state index is 10.5. The van der Waals surface area contributed by atoms with Crippen LogP contribution in [-0.4, -0.2) is 17.7 Å². The molecular formula is C11H14O3. The number of hydrogen-bond donors (Lipinski definition) is 1. The molecule has 1 atom stereocenters. The molecule has 0 aliphatic carbocycles. The van der Waals surface area contributed by atoms with Crippen molar-refractivity contribution >= 4 is 5.97 Å². The van der Waals surface area contributed by atoms with E-state index in [1.807, 2.05) is 31.2 Å². The van der Waals surface area contributed by atoms with Crippen LogP contribution in [0.1, 0.15) is 24.2 Å². The maximum Gasteiger partial charge on any atom is 0.302 e. The van der Waals surface area contributed by atoms with E-state index >= 15 is 0 Å². The van der Waals surface area contributed by atoms with Crippen molar-refractivity contribution in [2.45, 2.75) is 20.0 Å². The van der Waals surface area contributed by atoms with Gasteiger partial charge in [0.25, 0.3) is 0 Å². The van der Waals surface area contributed by atoms with Gasteiger partial charge in [0.15, 0.2) is 0 Å². The van der Waals surface area contributed by atoms with Gasteiger partial charge in [0.05, 0.1) is 0 Å². The molecule has 1 rings (SSSR count). The molecule has 0 aromatic heterocycles. The van der Waals surface area contributed by atoms with Gasteiger partial charge in [-0.15, -0.1) is 0 Å². The summed E-state index contributed by atoms with van der Waals surface area (Å²) >= 11 is 0. The minimum Gasteiger partial charge on any atom is -0.463 e. The SMILES string of the molecule is CC(=O)OC[C@H](O)c1ccc(C)cc1. The first kappa shape index (κ1) is 10.7. The molecule has 1 aromatic carbocycles. The minimum atomic E-state index is -0.737. The van der Waals surface area contributed by atoms with Gasteiger partial charge in [-0.05, 0) is 12.5 Å². The highest BCUT2D eigenvalue weighted by molar-refractivity contribution is 5.65. The number of hydrogen-bond acceptors (Lipinski definition) is 3. The zero-order valence-electron chi connectivity index (χ0n) is 8.36. The van der Waals surface area contributed by atoms with Gasteiger partial charge >= 0.3 is 5.97 Å². The van der Waals surface area contributed by atoms with Crippen LogP contribution in [0.2, 0.25) is 0 Å². The lowest BCUT2D eigenvalue weighted by molar-refractivity contribution is -0.144. The molecule has 0 fully saturated rings. The molecule has 0 aliphatic heterocycles. The molecule has 0 saturated heterocycles. The summed E-state index contributed by atoms with van der Waals surface area (Å²) in [7, 11) is 0. The third kappa shape index (κ3) is 3.18. The molecule has 3 heteroatoms. The predicted octanol–water partition coefficient (Wildman–Crippen LogP) is 1.59. The molecule has 0 spiro atoms. The molecule has 0 bridgehead atoms. The lowest BCUT2D eigenvalue weighted by Gasteiger charge is -2.10. The van der Waals surface area contributed by atoms with E-state index in [1.165, 1.54) is 6.92 Å². The number of carbonyl (C=O) groups excluding carboxylic acids is 1. The molecule has 0 aliphatic rings. The topological polar surface area (TPSA) is 46.5 Å². The van der Waals surface area contributed by atoms with Crippen molar-refractivity contribution < 1.29 is 14.6 Å². The molecule has 0 saturated carbocycles. The van der Waals surface area contributed by atoms with Crippen LogP contribution >= 0.6 is 0 Å². The third-order valence-corrected chi connectivity index (χ3v) is 1.91. The fourth-order valence-corrected chi connectivity index (χ4v) is 1.08. The number of aryl methyl sites for hydroxylation is 1. The Labute approximate surface area is 83.3 Å². The minimum absolute atomic E-state index is 0.0123. The Hall–Kier alpha value is -1.35. The normalized spacial score (nSPS) is 12.2. The number of aliphatic hydroxyl groups is 1. The Morgan fingerprint density at radius 2 is 2.00 bits per heavy atom. The van der Waals surface area contributed by atoms with Gasteiger partial charge < -0.3 is 9.84 Å². The van der Waals surface area contributed by atoms with Gasteiger partial charge in [0, 0.05) is 6.92 Å². The van der Waals surface area contributed by atoms with Crippen molar-refractivity contribution in [3.05, 3.63) is 35.4 Å². The average Bonchev–Trinajstić information content (AvgIpc) is 2.15. The zero-order valence-corrected chi connectivity index (χ0v) is 8.36. The molecule has 0 amide bonds. The van der Waals surface area contributed by atoms with Crippen LogP contribution in [0.15, 0.2) is 24.3 Å². The molecule has 3 nitrogen and oxygen atoms in total. The predicted molar refractivity (Wildman–Crippen MR) is 52.8 cm³/mol. The van der Waals surface area contributed by atoms with Crippen molar-refractivity contribution in [3.63, 3.8) is 0 Å². The Morgan fingerprint density at radius 1 is 1.43 bits per heavy atom. The van der Waals surface area contributed by atoms with Crippen LogP contribution in [0.5, 0.6) is 0 Å². The summed E-state index contributed by atoms with van der Waals surface area (Å²) in [6, 6.07) is 7.46. The summed E-state index contributed by atoms with van der Waals surface area (Å²) in [6.45, 7) is 3.31. The van der Waals surface area contributed by atoms with E-state index in [4.69, 9.17) is 4.74 Å². The second kappa shape index (κ2) is 4.77. The molecule has 0 radical (unpaired) electrons. The van der Waals surface area contributed by atoms with E-state index < -0.39 is 6.10 Å². The van der Waals surface area contributed by atoms with Gasteiger partial charge in [-0.3, -0.25) is 4.79 Å². The summed E-state index contributed by atoms with van der Waals surface area (Å²) in [5, 5.41) is 9.58. The van der Waals surface area contributed by atoms with Gasteiger partial charge in [0.2, 0.25) is 0 Å². The number of esters is 1. The van der Waals surface area contributed by atoms with E-state index in [0.29, 0.717) is 0 Å². The summed E-state index contributed by atoms with van der Waals surface area (Å²) in [5.74, 6) is -0.379. The summed E-state index contributed by atoms with van der Waals surface area (Å²) in [6.07, 6.45) is -0.737. The van der Waals surface area contributed by atoms with Crippen LogP contribution in [0, 0.1) is 6.92 Å². The third-order valence-electron chi connectivity index (χ3n) is 1.91. The monoisotopic (exact) mass is 194 g/mol. The number of benzene rings is 1. The summed E-state index contributed by atoms with van der Waals surface area (Å²) in [4.78, 5) is 10.5. The van der Waals surface area contributed by atoms with E-state index in [9.17, 15) is 9.90 Å². The van der Waals surface area contributed by atoms with Gasteiger partial charge in [-0.1, -0.05) is 29.8 Å². The van der Waals surface area contributed by atoms with Crippen molar-refractivity contribution in [2.24, 2.45) is 0 Å². The highest BCUT2D eigenvalue weighted by Crippen LogP contribution is 2.13. The average molecular weight is 194 g/mol. The fourth-order valence-electron chi connectivity index (χ4n) is 1.08. The van der Waals surface area contributed by atoms with E-state index in [1.54, 1.807) is 0 Å². The molecule has 14 heavy (non-hydrogen) atoms. The second-order valence-corrected chi connectivity index (χ2v) is 3.23. The molecule has 1 aromatic rings. The van der Waals surface area contributed by atoms with E-state index in [0.717, 1.165) is 11.1 Å². The maximum absolute atomic E-state index is 10.5. The Balaban J connectivity index is 2.56. The van der Waals surface area contributed by atoms with Crippen LogP contribution in [-0.2, 0) is 9.53 Å². The standard InChI is InChI=1S/C11H14O3/c1-8-3-5-10(6-4-8)11(13)7-14-9(2)12/h3-6,11,13H,7H2,1-2H3/t11-/m0/s1. The number of ether oxygens (including phenoxy) is 1. The first-order valence-corrected chi connectivity index (χ1v) is 4.47. The van der Waals surface area contributed by atoms with Gasteiger partial charge in [-0.25, -0.2) is 0 Å². The highest BCUT2D eigenvalue weighted by atomic mass is 16.5. The number of carbonyl (C=O) groups is 1. The lowest BCUT2D eigenvalue weighted by atomic mass is 10.1. The Bertz CT molecular complexity index is 303. The first-order chi connectivity index (χ1) is 6.59. The van der Waals surface area contributed by atoms with Crippen molar-refractivity contribution in [2.75, 3.05) is 6.61 Å². The fraction of sp³-hybridized carbons (Fsp3) is 0.364. The van der Waals surface area contributed by atoms with Crippen molar-refractivity contribution in [1.29, 1.82) is 0 Å². The Kier molecular flexibility index (Phi) is 3.65. The van der Waals surface area contributed by atoms with Gasteiger partial charge in [-0.2, -0.15) is 0 Å². The van der Waals surface area contributed by atoms with Crippen molar-refractivity contribution in [3.8, 4) is 0 Å². The quantitative estimate of drug-likeness (QED) is 0.743. The zero-order chi connectivity index (χ0) is 10.6. The van der Waals surface area contributed by atoms with E-state index in [2.05, 4.69) is 0 Å². The van der Waals surface area contributed by atoms with E-state index in [-0.39, 0.29) is 12.6 Å². The van der Waals surface area contributed by atoms with Crippen molar-refractivity contribution in [1.82, 2.24) is 0 Å². The van der Waals surface area contributed by atoms with Crippen LogP contribution in [0.25, 0.3) is 0 Å². The largest absolute Gasteiger partial charge is 0.463 e. The first-order valence-electron chi connectivity index (χ1n) is 4.47. The van der Waals surface area contributed by atoms with Crippen LogP contribution < -0.4 is 0 Å². The second-order valence-electron chi connectivity index (χ2n) is 3.23. The lowest BCUT2D eigenvalue weighted by Crippen LogP contribution is -2.09. The molecule has 1 N–H and O–H groups in total. The van der Waals surface area contributed by atoms with Crippen LogP contribution in [0.4, 0.5) is 0 Å². The molecule has 76 valence electrons. The molecule has 0 unspecified atom stereocenters. The molecule has 0 heterocycles. The summed E-state index contributed by atoms with van der Waals surface area (Å²) in [5.41, 5.74) is 1.89. The molecular weight excluding hydrogens is 180 g/mol. The van der Waals surface area contributed by atoms with Crippen LogP contribution in [0.3, 0.4) is 0 Å².